The smallest absolute Gasteiger partial charge is 0.242 e. The quantitative estimate of drug-likeness (QED) is 0.925. The molecule has 0 radical (unpaired) electrons. The average molecular weight is 322 g/mol. The number of hydrogen-bond acceptors (Lipinski definition) is 3. The van der Waals surface area contributed by atoms with Crippen LogP contribution in [0.5, 0.6) is 0 Å². The third-order valence-electron chi connectivity index (χ3n) is 4.98. The molecule has 5 nitrogen and oxygen atoms in total. The molecule has 1 aromatic rings. The number of nitrogens with zero attached hydrogens (tertiary/aromatic N) is 1. The Kier molecular flexibility index (Phi) is 3.99. The molecule has 0 spiro atoms. The van der Waals surface area contributed by atoms with Crippen molar-refractivity contribution in [3.63, 3.8) is 0 Å². The van der Waals surface area contributed by atoms with E-state index in [9.17, 15) is 13.2 Å². The minimum atomic E-state index is -3.42. The van der Waals surface area contributed by atoms with Gasteiger partial charge in [-0.25, -0.2) is 12.7 Å². The van der Waals surface area contributed by atoms with Gasteiger partial charge in [0.1, 0.15) is 0 Å². The highest BCUT2D eigenvalue weighted by atomic mass is 32.2. The van der Waals surface area contributed by atoms with Crippen molar-refractivity contribution in [3.05, 3.63) is 24.3 Å². The maximum Gasteiger partial charge on any atom is 0.242 e. The molecular weight excluding hydrogens is 300 g/mol. The molecule has 0 aromatic heterocycles. The van der Waals surface area contributed by atoms with E-state index in [1.54, 1.807) is 12.1 Å². The van der Waals surface area contributed by atoms with Crippen molar-refractivity contribution in [2.75, 3.05) is 19.4 Å². The molecule has 2 fully saturated rings. The van der Waals surface area contributed by atoms with Gasteiger partial charge in [-0.15, -0.1) is 0 Å². The molecule has 2 aliphatic carbocycles. The van der Waals surface area contributed by atoms with Gasteiger partial charge in [0.05, 0.1) is 4.90 Å². The van der Waals surface area contributed by atoms with E-state index in [4.69, 9.17) is 0 Å². The van der Waals surface area contributed by atoms with E-state index in [-0.39, 0.29) is 16.7 Å². The first-order chi connectivity index (χ1) is 10.4. The molecule has 0 heterocycles. The van der Waals surface area contributed by atoms with E-state index >= 15 is 0 Å². The first-order valence-corrected chi connectivity index (χ1v) is 9.15. The van der Waals surface area contributed by atoms with E-state index in [0.29, 0.717) is 11.6 Å². The Bertz CT molecular complexity index is 667. The van der Waals surface area contributed by atoms with Crippen LogP contribution in [0.1, 0.15) is 25.7 Å². The zero-order chi connectivity index (χ0) is 15.9. The molecule has 6 heteroatoms. The molecule has 2 saturated carbocycles. The monoisotopic (exact) mass is 322 g/mol. The maximum atomic E-state index is 12.4. The fraction of sp³-hybridized carbons (Fsp3) is 0.562. The van der Waals surface area contributed by atoms with Gasteiger partial charge in [0, 0.05) is 25.7 Å². The summed E-state index contributed by atoms with van der Waals surface area (Å²) in [7, 11) is -0.424. The Morgan fingerprint density at radius 1 is 1.14 bits per heavy atom. The maximum absolute atomic E-state index is 12.4. The summed E-state index contributed by atoms with van der Waals surface area (Å²) < 4.78 is 25.2. The van der Waals surface area contributed by atoms with Crippen LogP contribution in [0.15, 0.2) is 29.2 Å². The molecule has 22 heavy (non-hydrogen) atoms. The summed E-state index contributed by atoms with van der Waals surface area (Å²) in [5.41, 5.74) is 0.658. The predicted molar refractivity (Wildman–Crippen MR) is 84.9 cm³/mol. The van der Waals surface area contributed by atoms with E-state index < -0.39 is 10.0 Å². The molecule has 1 aromatic carbocycles. The second-order valence-corrected chi connectivity index (χ2v) is 8.73. The van der Waals surface area contributed by atoms with Gasteiger partial charge in [-0.05, 0) is 55.4 Å². The van der Waals surface area contributed by atoms with E-state index in [0.717, 1.165) is 12.3 Å². The van der Waals surface area contributed by atoms with Crippen molar-refractivity contribution in [1.82, 2.24) is 4.31 Å². The third-order valence-corrected chi connectivity index (χ3v) is 6.80. The van der Waals surface area contributed by atoms with Crippen molar-refractivity contribution < 1.29 is 13.2 Å². The van der Waals surface area contributed by atoms with Gasteiger partial charge in [0.25, 0.3) is 0 Å². The van der Waals surface area contributed by atoms with Crippen LogP contribution in [-0.4, -0.2) is 32.7 Å². The average Bonchev–Trinajstić information content (AvgIpc) is 3.10. The number of carbonyl (C=O) groups excluding carboxylic acids is 1. The highest BCUT2D eigenvalue weighted by molar-refractivity contribution is 7.89. The van der Waals surface area contributed by atoms with Crippen LogP contribution in [0.2, 0.25) is 0 Å². The largest absolute Gasteiger partial charge is 0.326 e. The van der Waals surface area contributed by atoms with Crippen LogP contribution < -0.4 is 5.32 Å². The molecule has 1 N–H and O–H groups in total. The number of fused-ring (bicyclic) bond motifs is 2. The molecule has 0 saturated heterocycles. The Labute approximate surface area is 131 Å². The van der Waals surface area contributed by atoms with Crippen molar-refractivity contribution in [3.8, 4) is 0 Å². The van der Waals surface area contributed by atoms with Gasteiger partial charge in [0.2, 0.25) is 15.9 Å². The van der Waals surface area contributed by atoms with Crippen LogP contribution in [0.25, 0.3) is 0 Å². The summed E-state index contributed by atoms with van der Waals surface area (Å²) in [6.07, 6.45) is 4.63. The number of benzene rings is 1. The van der Waals surface area contributed by atoms with Crippen molar-refractivity contribution in [2.24, 2.45) is 17.8 Å². The predicted octanol–water partition coefficient (Wildman–Crippen LogP) is 2.31. The molecule has 3 unspecified atom stereocenters. The molecule has 2 aliphatic rings. The van der Waals surface area contributed by atoms with Gasteiger partial charge in [0.15, 0.2) is 0 Å². The minimum absolute atomic E-state index is 0.0791. The SMILES string of the molecule is CN(C)S(=O)(=O)c1ccc(NC(=O)C2CC3CCC2C3)cc1. The van der Waals surface area contributed by atoms with E-state index in [2.05, 4.69) is 5.32 Å². The van der Waals surface area contributed by atoms with Crippen LogP contribution in [0.4, 0.5) is 5.69 Å². The summed E-state index contributed by atoms with van der Waals surface area (Å²) in [6.45, 7) is 0. The number of hydrogen-bond donors (Lipinski definition) is 1. The molecule has 2 bridgehead atoms. The van der Waals surface area contributed by atoms with Crippen LogP contribution in [-0.2, 0) is 14.8 Å². The molecule has 3 rings (SSSR count). The number of amides is 1. The molecule has 3 atom stereocenters. The summed E-state index contributed by atoms with van der Waals surface area (Å²) in [6, 6.07) is 6.38. The van der Waals surface area contributed by atoms with Gasteiger partial charge < -0.3 is 5.32 Å². The van der Waals surface area contributed by atoms with Crippen LogP contribution >= 0.6 is 0 Å². The fourth-order valence-corrected chi connectivity index (χ4v) is 4.62. The number of nitrogens with one attached hydrogen (secondary N) is 1. The van der Waals surface area contributed by atoms with Gasteiger partial charge in [-0.2, -0.15) is 0 Å². The lowest BCUT2D eigenvalue weighted by atomic mass is 9.88. The normalized spacial score (nSPS) is 27.3. The summed E-state index contributed by atoms with van der Waals surface area (Å²) in [4.78, 5) is 12.6. The van der Waals surface area contributed by atoms with Gasteiger partial charge in [-0.1, -0.05) is 6.42 Å². The lowest BCUT2D eigenvalue weighted by Crippen LogP contribution is -2.27. The second-order valence-electron chi connectivity index (χ2n) is 6.58. The standard InChI is InChI=1S/C16H22N2O3S/c1-18(2)22(20,21)14-7-5-13(6-8-14)17-16(19)15-10-11-3-4-12(15)9-11/h5-8,11-12,15H,3-4,9-10H2,1-2H3,(H,17,19). The lowest BCUT2D eigenvalue weighted by molar-refractivity contribution is -0.121. The highest BCUT2D eigenvalue weighted by Gasteiger charge is 2.42. The third kappa shape index (κ3) is 2.77. The zero-order valence-electron chi connectivity index (χ0n) is 13.0. The minimum Gasteiger partial charge on any atom is -0.326 e. The number of rotatable bonds is 4. The van der Waals surface area contributed by atoms with Crippen LogP contribution in [0, 0.1) is 17.8 Å². The van der Waals surface area contributed by atoms with E-state index in [1.807, 2.05) is 0 Å². The number of anilines is 1. The molecule has 1 amide bonds. The number of carbonyl (C=O) groups is 1. The molecule has 0 aliphatic heterocycles. The van der Waals surface area contributed by atoms with Gasteiger partial charge in [-0.3, -0.25) is 4.79 Å². The highest BCUT2D eigenvalue weighted by Crippen LogP contribution is 2.48. The van der Waals surface area contributed by atoms with E-state index in [1.165, 1.54) is 49.8 Å². The first kappa shape index (κ1) is 15.5. The molecule has 120 valence electrons. The Morgan fingerprint density at radius 2 is 1.82 bits per heavy atom. The van der Waals surface area contributed by atoms with Gasteiger partial charge >= 0.3 is 0 Å². The lowest BCUT2D eigenvalue weighted by Gasteiger charge is -2.20. The number of sulfonamides is 1. The Morgan fingerprint density at radius 3 is 2.32 bits per heavy atom. The Balaban J connectivity index is 1.68. The summed E-state index contributed by atoms with van der Waals surface area (Å²) in [5, 5.41) is 2.93. The summed E-state index contributed by atoms with van der Waals surface area (Å²) in [5.74, 6) is 1.48. The topological polar surface area (TPSA) is 66.5 Å². The summed E-state index contributed by atoms with van der Waals surface area (Å²) >= 11 is 0. The van der Waals surface area contributed by atoms with Crippen LogP contribution in [0.3, 0.4) is 0 Å². The van der Waals surface area contributed by atoms with Crippen molar-refractivity contribution in [1.29, 1.82) is 0 Å². The molecular formula is C16H22N2O3S. The van der Waals surface area contributed by atoms with Crippen molar-refractivity contribution in [2.45, 2.75) is 30.6 Å². The zero-order valence-corrected chi connectivity index (χ0v) is 13.8. The Hall–Kier alpha value is -1.40. The second kappa shape index (κ2) is 5.66. The first-order valence-electron chi connectivity index (χ1n) is 7.71. The fourth-order valence-electron chi connectivity index (χ4n) is 3.72. The van der Waals surface area contributed by atoms with Crippen molar-refractivity contribution >= 4 is 21.6 Å².